The summed E-state index contributed by atoms with van der Waals surface area (Å²) < 4.78 is 6.84. The molecule has 5 nitrogen and oxygen atoms in total. The van der Waals surface area contributed by atoms with Crippen molar-refractivity contribution in [3.63, 3.8) is 0 Å². The summed E-state index contributed by atoms with van der Waals surface area (Å²) in [4.78, 5) is 28.7. The van der Waals surface area contributed by atoms with E-state index in [0.29, 0.717) is 18.7 Å². The molecule has 0 saturated heterocycles. The van der Waals surface area contributed by atoms with Gasteiger partial charge >= 0.3 is 0 Å². The molecule has 1 atom stereocenters. The Kier molecular flexibility index (Phi) is 9.10. The summed E-state index contributed by atoms with van der Waals surface area (Å²) in [7, 11) is 0. The van der Waals surface area contributed by atoms with Gasteiger partial charge in [-0.05, 0) is 62.6 Å². The lowest BCUT2D eigenvalue weighted by Gasteiger charge is -2.33. The third kappa shape index (κ3) is 8.25. The summed E-state index contributed by atoms with van der Waals surface area (Å²) in [6, 6.07) is 24.4. The normalized spacial score (nSPS) is 12.0. The van der Waals surface area contributed by atoms with Crippen molar-refractivity contribution in [1.29, 1.82) is 0 Å². The van der Waals surface area contributed by atoms with Gasteiger partial charge in [0.25, 0.3) is 5.91 Å². The van der Waals surface area contributed by atoms with Gasteiger partial charge in [0.2, 0.25) is 5.91 Å². The van der Waals surface area contributed by atoms with Crippen LogP contribution >= 0.6 is 15.9 Å². The maximum atomic E-state index is 13.6. The number of amides is 2. The van der Waals surface area contributed by atoms with E-state index < -0.39 is 11.6 Å². The van der Waals surface area contributed by atoms with Crippen LogP contribution in [0.4, 0.5) is 0 Å². The Balaban J connectivity index is 1.90. The molecule has 0 bridgehead atoms. The summed E-state index contributed by atoms with van der Waals surface area (Å²) in [6.07, 6.45) is 0.402. The van der Waals surface area contributed by atoms with E-state index >= 15 is 0 Å². The minimum atomic E-state index is -0.695. The summed E-state index contributed by atoms with van der Waals surface area (Å²) in [5.74, 6) is 0.169. The van der Waals surface area contributed by atoms with Crippen LogP contribution in [-0.4, -0.2) is 34.9 Å². The van der Waals surface area contributed by atoms with Crippen molar-refractivity contribution in [1.82, 2.24) is 10.2 Å². The third-order valence-corrected chi connectivity index (χ3v) is 6.35. The first kappa shape index (κ1) is 26.5. The van der Waals surface area contributed by atoms with Crippen LogP contribution in [0.3, 0.4) is 0 Å². The smallest absolute Gasteiger partial charge is 0.261 e. The molecule has 0 aliphatic heterocycles. The summed E-state index contributed by atoms with van der Waals surface area (Å²) in [6.45, 7) is 7.92. The molecule has 184 valence electrons. The highest BCUT2D eigenvalue weighted by atomic mass is 79.9. The number of carbonyl (C=O) groups excluding carboxylic acids is 2. The number of nitrogens with zero attached hydrogens (tertiary/aromatic N) is 1. The molecular weight excluding hydrogens is 504 g/mol. The van der Waals surface area contributed by atoms with Crippen molar-refractivity contribution in [3.05, 3.63) is 100 Å². The quantitative estimate of drug-likeness (QED) is 0.382. The number of hydrogen-bond acceptors (Lipinski definition) is 3. The number of ether oxygens (including phenoxy) is 1. The van der Waals surface area contributed by atoms with Gasteiger partial charge in [0.05, 0.1) is 0 Å². The molecule has 2 amide bonds. The molecule has 0 aliphatic carbocycles. The van der Waals surface area contributed by atoms with E-state index in [1.54, 1.807) is 4.90 Å². The Morgan fingerprint density at radius 2 is 1.54 bits per heavy atom. The van der Waals surface area contributed by atoms with Gasteiger partial charge in [-0.3, -0.25) is 9.59 Å². The maximum absolute atomic E-state index is 13.6. The molecule has 0 radical (unpaired) electrons. The van der Waals surface area contributed by atoms with Gasteiger partial charge in [0, 0.05) is 23.0 Å². The Hall–Kier alpha value is -3.12. The van der Waals surface area contributed by atoms with Crippen LogP contribution in [0.2, 0.25) is 0 Å². The zero-order chi connectivity index (χ0) is 25.4. The predicted molar refractivity (Wildman–Crippen MR) is 143 cm³/mol. The molecular formula is C29H33BrN2O3. The first-order chi connectivity index (χ1) is 16.6. The number of rotatable bonds is 9. The van der Waals surface area contributed by atoms with Gasteiger partial charge < -0.3 is 15.0 Å². The lowest BCUT2D eigenvalue weighted by molar-refractivity contribution is -0.143. The highest BCUT2D eigenvalue weighted by Crippen LogP contribution is 2.22. The molecule has 6 heteroatoms. The van der Waals surface area contributed by atoms with E-state index in [2.05, 4.69) is 21.2 Å². The second-order valence-electron chi connectivity index (χ2n) is 9.65. The Labute approximate surface area is 216 Å². The SMILES string of the molecule is Cc1cc(OCC(=O)N(Cc2ccccc2)[C@@H](Cc2ccccc2)C(=O)NC(C)(C)C)ccc1Br. The molecule has 0 fully saturated rings. The Bertz CT molecular complexity index is 1130. The molecule has 3 rings (SSSR count). The number of aryl methyl sites for hydroxylation is 1. The summed E-state index contributed by atoms with van der Waals surface area (Å²) >= 11 is 3.48. The summed E-state index contributed by atoms with van der Waals surface area (Å²) in [5, 5.41) is 3.07. The van der Waals surface area contributed by atoms with E-state index in [9.17, 15) is 9.59 Å². The number of benzene rings is 3. The minimum absolute atomic E-state index is 0.165. The summed E-state index contributed by atoms with van der Waals surface area (Å²) in [5.41, 5.74) is 2.51. The zero-order valence-electron chi connectivity index (χ0n) is 20.8. The van der Waals surface area contributed by atoms with Crippen LogP contribution in [0, 0.1) is 6.92 Å². The molecule has 1 N–H and O–H groups in total. The van der Waals surface area contributed by atoms with Crippen LogP contribution < -0.4 is 10.1 Å². The van der Waals surface area contributed by atoms with Gasteiger partial charge in [-0.2, -0.15) is 0 Å². The molecule has 3 aromatic rings. The van der Waals surface area contributed by atoms with Crippen LogP contribution in [0.15, 0.2) is 83.3 Å². The van der Waals surface area contributed by atoms with E-state index in [0.717, 1.165) is 21.2 Å². The van der Waals surface area contributed by atoms with Crippen LogP contribution in [0.5, 0.6) is 5.75 Å². The first-order valence-electron chi connectivity index (χ1n) is 11.7. The first-order valence-corrected chi connectivity index (χ1v) is 12.5. The number of halogens is 1. The van der Waals surface area contributed by atoms with Gasteiger partial charge in [0.15, 0.2) is 6.61 Å². The molecule has 0 spiro atoms. The Morgan fingerprint density at radius 3 is 2.11 bits per heavy atom. The number of carbonyl (C=O) groups is 2. The van der Waals surface area contributed by atoms with Crippen LogP contribution in [-0.2, 0) is 22.6 Å². The zero-order valence-corrected chi connectivity index (χ0v) is 22.3. The van der Waals surface area contributed by atoms with E-state index in [-0.39, 0.29) is 18.4 Å². The van der Waals surface area contributed by atoms with Gasteiger partial charge in [-0.25, -0.2) is 0 Å². The van der Waals surface area contributed by atoms with E-state index in [4.69, 9.17) is 4.74 Å². The standard InChI is InChI=1S/C29H33BrN2O3/c1-21-17-24(15-16-25(21)30)35-20-27(33)32(19-23-13-9-6-10-14-23)26(28(34)31-29(2,3)4)18-22-11-7-5-8-12-22/h5-17,26H,18-20H2,1-4H3,(H,31,34)/t26-/m0/s1. The molecule has 3 aromatic carbocycles. The largest absolute Gasteiger partial charge is 0.484 e. The average Bonchev–Trinajstić information content (AvgIpc) is 2.82. The number of nitrogens with one attached hydrogen (secondary N) is 1. The fourth-order valence-corrected chi connectivity index (χ4v) is 3.97. The molecule has 0 aromatic heterocycles. The lowest BCUT2D eigenvalue weighted by atomic mass is 10.0. The fraction of sp³-hybridized carbons (Fsp3) is 0.310. The van der Waals surface area contributed by atoms with Crippen LogP contribution in [0.25, 0.3) is 0 Å². The van der Waals surface area contributed by atoms with E-state index in [1.807, 2.05) is 107 Å². The molecule has 0 aliphatic rings. The molecule has 0 saturated carbocycles. The van der Waals surface area contributed by atoms with Crippen molar-refractivity contribution < 1.29 is 14.3 Å². The topological polar surface area (TPSA) is 58.6 Å². The van der Waals surface area contributed by atoms with Gasteiger partial charge in [0.1, 0.15) is 11.8 Å². The predicted octanol–water partition coefficient (Wildman–Crippen LogP) is 5.69. The van der Waals surface area contributed by atoms with Crippen molar-refractivity contribution in [2.24, 2.45) is 0 Å². The average molecular weight is 537 g/mol. The van der Waals surface area contributed by atoms with Crippen molar-refractivity contribution in [2.75, 3.05) is 6.61 Å². The van der Waals surface area contributed by atoms with Gasteiger partial charge in [-0.1, -0.05) is 76.6 Å². The monoisotopic (exact) mass is 536 g/mol. The van der Waals surface area contributed by atoms with Crippen molar-refractivity contribution >= 4 is 27.7 Å². The lowest BCUT2D eigenvalue weighted by Crippen LogP contribution is -2.55. The minimum Gasteiger partial charge on any atom is -0.484 e. The fourth-order valence-electron chi connectivity index (χ4n) is 3.72. The molecule has 35 heavy (non-hydrogen) atoms. The second-order valence-corrected chi connectivity index (χ2v) is 10.5. The third-order valence-electron chi connectivity index (χ3n) is 5.46. The van der Waals surface area contributed by atoms with Crippen molar-refractivity contribution in [2.45, 2.75) is 52.2 Å². The van der Waals surface area contributed by atoms with Gasteiger partial charge in [-0.15, -0.1) is 0 Å². The molecule has 0 unspecified atom stereocenters. The highest BCUT2D eigenvalue weighted by Gasteiger charge is 2.32. The van der Waals surface area contributed by atoms with E-state index in [1.165, 1.54) is 0 Å². The second kappa shape index (κ2) is 12.0. The maximum Gasteiger partial charge on any atom is 0.261 e. The number of hydrogen-bond donors (Lipinski definition) is 1. The van der Waals surface area contributed by atoms with Crippen LogP contribution in [0.1, 0.15) is 37.5 Å². The highest BCUT2D eigenvalue weighted by molar-refractivity contribution is 9.10. The Morgan fingerprint density at radius 1 is 0.943 bits per heavy atom. The molecule has 0 heterocycles. The van der Waals surface area contributed by atoms with Crippen molar-refractivity contribution in [3.8, 4) is 5.75 Å².